The molecule has 0 aromatic heterocycles. The van der Waals surface area contributed by atoms with Crippen LogP contribution in [0.25, 0.3) is 0 Å². The van der Waals surface area contributed by atoms with E-state index in [2.05, 4.69) is 73.2 Å². The largest absolute Gasteiger partial charge is 0.156 e. The highest BCUT2D eigenvalue weighted by molar-refractivity contribution is 8.02. The fourth-order valence-corrected chi connectivity index (χ4v) is 4.49. The smallest absolute Gasteiger partial charge is 0.0453 e. The normalized spacial score (nSPS) is 14.1. The van der Waals surface area contributed by atoms with Gasteiger partial charge in [0.05, 0.1) is 0 Å². The van der Waals surface area contributed by atoms with Crippen molar-refractivity contribution in [1.82, 2.24) is 0 Å². The van der Waals surface area contributed by atoms with Crippen molar-refractivity contribution in [2.45, 2.75) is 10.5 Å². The SMILES string of the molecule is CSC(c1ccccc1)C(SC)c1ccccc1. The van der Waals surface area contributed by atoms with E-state index in [0.717, 1.165) is 0 Å². The third-order valence-corrected chi connectivity index (χ3v) is 5.32. The van der Waals surface area contributed by atoms with Gasteiger partial charge >= 0.3 is 0 Å². The third kappa shape index (κ3) is 3.12. The molecule has 2 atom stereocenters. The van der Waals surface area contributed by atoms with Gasteiger partial charge in [-0.05, 0) is 23.6 Å². The molecule has 0 heterocycles. The minimum Gasteiger partial charge on any atom is -0.156 e. The van der Waals surface area contributed by atoms with Gasteiger partial charge in [0.1, 0.15) is 0 Å². The first-order valence-electron chi connectivity index (χ1n) is 6.02. The summed E-state index contributed by atoms with van der Waals surface area (Å²) in [4.78, 5) is 0. The summed E-state index contributed by atoms with van der Waals surface area (Å²) in [5, 5.41) is 1.01. The van der Waals surface area contributed by atoms with E-state index in [1.165, 1.54) is 11.1 Å². The second-order valence-electron chi connectivity index (χ2n) is 4.13. The predicted octanol–water partition coefficient (Wildman–Crippen LogP) is 5.20. The summed E-state index contributed by atoms with van der Waals surface area (Å²) in [5.41, 5.74) is 2.82. The van der Waals surface area contributed by atoms with E-state index in [9.17, 15) is 0 Å². The van der Waals surface area contributed by atoms with Crippen LogP contribution >= 0.6 is 23.5 Å². The predicted molar refractivity (Wildman–Crippen MR) is 85.4 cm³/mol. The summed E-state index contributed by atoms with van der Waals surface area (Å²) in [6.07, 6.45) is 4.40. The Balaban J connectivity index is 2.31. The van der Waals surface area contributed by atoms with Gasteiger partial charge in [0.2, 0.25) is 0 Å². The maximum absolute atomic E-state index is 2.23. The molecule has 0 aliphatic carbocycles. The van der Waals surface area contributed by atoms with E-state index in [-0.39, 0.29) is 0 Å². The molecular formula is C16H18S2. The Hall–Kier alpha value is -0.860. The molecule has 0 saturated heterocycles. The van der Waals surface area contributed by atoms with E-state index in [1.54, 1.807) is 0 Å². The quantitative estimate of drug-likeness (QED) is 0.735. The van der Waals surface area contributed by atoms with Gasteiger partial charge in [-0.25, -0.2) is 0 Å². The maximum atomic E-state index is 2.23. The van der Waals surface area contributed by atoms with Gasteiger partial charge in [-0.15, -0.1) is 0 Å². The molecule has 0 amide bonds. The molecule has 2 aromatic carbocycles. The van der Waals surface area contributed by atoms with Crippen LogP contribution in [0.3, 0.4) is 0 Å². The van der Waals surface area contributed by atoms with Gasteiger partial charge in [0, 0.05) is 10.5 Å². The molecule has 0 radical (unpaired) electrons. The molecule has 94 valence electrons. The molecule has 2 unspecified atom stereocenters. The molecule has 0 aliphatic rings. The van der Waals surface area contributed by atoms with Gasteiger partial charge in [-0.2, -0.15) is 23.5 Å². The van der Waals surface area contributed by atoms with Crippen LogP contribution in [0, 0.1) is 0 Å². The van der Waals surface area contributed by atoms with Crippen molar-refractivity contribution in [2.75, 3.05) is 12.5 Å². The summed E-state index contributed by atoms with van der Waals surface area (Å²) in [5.74, 6) is 0. The number of thioether (sulfide) groups is 2. The van der Waals surface area contributed by atoms with Crippen LogP contribution in [0.2, 0.25) is 0 Å². The van der Waals surface area contributed by atoms with Crippen molar-refractivity contribution in [1.29, 1.82) is 0 Å². The second kappa shape index (κ2) is 6.91. The van der Waals surface area contributed by atoms with E-state index < -0.39 is 0 Å². The average molecular weight is 274 g/mol. The first-order chi connectivity index (χ1) is 8.86. The Kier molecular flexibility index (Phi) is 5.21. The number of hydrogen-bond acceptors (Lipinski definition) is 2. The molecule has 0 nitrogen and oxygen atoms in total. The van der Waals surface area contributed by atoms with Gasteiger partial charge in [-0.3, -0.25) is 0 Å². The summed E-state index contributed by atoms with van der Waals surface area (Å²) < 4.78 is 0. The zero-order valence-corrected chi connectivity index (χ0v) is 12.4. The van der Waals surface area contributed by atoms with Crippen LogP contribution < -0.4 is 0 Å². The minimum atomic E-state index is 0.503. The van der Waals surface area contributed by atoms with Gasteiger partial charge < -0.3 is 0 Å². The number of hydrogen-bond donors (Lipinski definition) is 0. The zero-order valence-electron chi connectivity index (χ0n) is 10.7. The minimum absolute atomic E-state index is 0.503. The van der Waals surface area contributed by atoms with Crippen LogP contribution in [0.1, 0.15) is 21.6 Å². The van der Waals surface area contributed by atoms with Crippen molar-refractivity contribution < 1.29 is 0 Å². The monoisotopic (exact) mass is 274 g/mol. The van der Waals surface area contributed by atoms with Crippen molar-refractivity contribution in [2.24, 2.45) is 0 Å². The summed E-state index contributed by atoms with van der Waals surface area (Å²) in [6.45, 7) is 0. The third-order valence-electron chi connectivity index (χ3n) is 3.04. The molecule has 0 saturated carbocycles. The standard InChI is InChI=1S/C16H18S2/c1-17-15(13-9-5-3-6-10-13)16(18-2)14-11-7-4-8-12-14/h3-12,15-16H,1-2H3. The Labute approximate surface area is 118 Å². The van der Waals surface area contributed by atoms with Crippen LogP contribution in [0.5, 0.6) is 0 Å². The summed E-state index contributed by atoms with van der Waals surface area (Å²) in [6, 6.07) is 21.6. The van der Waals surface area contributed by atoms with Gasteiger partial charge in [0.15, 0.2) is 0 Å². The summed E-state index contributed by atoms with van der Waals surface area (Å²) in [7, 11) is 0. The van der Waals surface area contributed by atoms with Crippen molar-refractivity contribution in [3.63, 3.8) is 0 Å². The zero-order chi connectivity index (χ0) is 12.8. The number of benzene rings is 2. The topological polar surface area (TPSA) is 0 Å². The van der Waals surface area contributed by atoms with Gasteiger partial charge in [0.25, 0.3) is 0 Å². The molecule has 0 N–H and O–H groups in total. The van der Waals surface area contributed by atoms with E-state index >= 15 is 0 Å². The van der Waals surface area contributed by atoms with Crippen LogP contribution in [0.4, 0.5) is 0 Å². The number of rotatable bonds is 5. The summed E-state index contributed by atoms with van der Waals surface area (Å²) >= 11 is 3.86. The molecule has 2 aromatic rings. The maximum Gasteiger partial charge on any atom is 0.0453 e. The average Bonchev–Trinajstić information content (AvgIpc) is 2.46. The molecule has 0 fully saturated rings. The lowest BCUT2D eigenvalue weighted by atomic mass is 10.0. The Bertz CT molecular complexity index is 408. The molecule has 0 aliphatic heterocycles. The molecule has 0 spiro atoms. The first-order valence-corrected chi connectivity index (χ1v) is 8.60. The lowest BCUT2D eigenvalue weighted by molar-refractivity contribution is 0.910. The highest BCUT2D eigenvalue weighted by atomic mass is 32.2. The lowest BCUT2D eigenvalue weighted by Crippen LogP contribution is -2.04. The first kappa shape index (κ1) is 13.6. The highest BCUT2D eigenvalue weighted by Gasteiger charge is 2.22. The fraction of sp³-hybridized carbons (Fsp3) is 0.250. The van der Waals surface area contributed by atoms with E-state index in [4.69, 9.17) is 0 Å². The lowest BCUT2D eigenvalue weighted by Gasteiger charge is -2.25. The molecule has 18 heavy (non-hydrogen) atoms. The van der Waals surface area contributed by atoms with E-state index in [1.807, 2.05) is 23.5 Å². The molecule has 2 rings (SSSR count). The Morgan fingerprint density at radius 3 is 1.22 bits per heavy atom. The second-order valence-corrected chi connectivity index (χ2v) is 6.09. The van der Waals surface area contributed by atoms with Crippen molar-refractivity contribution >= 4 is 23.5 Å². The van der Waals surface area contributed by atoms with Crippen LogP contribution in [-0.2, 0) is 0 Å². The Morgan fingerprint density at radius 1 is 0.611 bits per heavy atom. The van der Waals surface area contributed by atoms with Crippen LogP contribution in [-0.4, -0.2) is 12.5 Å². The highest BCUT2D eigenvalue weighted by Crippen LogP contribution is 2.45. The molecular weight excluding hydrogens is 256 g/mol. The van der Waals surface area contributed by atoms with Gasteiger partial charge in [-0.1, -0.05) is 60.7 Å². The molecule has 0 bridgehead atoms. The van der Waals surface area contributed by atoms with Crippen molar-refractivity contribution in [3.8, 4) is 0 Å². The van der Waals surface area contributed by atoms with E-state index in [0.29, 0.717) is 10.5 Å². The van der Waals surface area contributed by atoms with Crippen LogP contribution in [0.15, 0.2) is 60.7 Å². The fourth-order valence-electron chi connectivity index (χ4n) is 2.15. The molecule has 2 heteroatoms. The Morgan fingerprint density at radius 2 is 0.944 bits per heavy atom. The van der Waals surface area contributed by atoms with Crippen molar-refractivity contribution in [3.05, 3.63) is 71.8 Å².